The van der Waals surface area contributed by atoms with Crippen LogP contribution in [0.1, 0.15) is 17.7 Å². The first-order valence-corrected chi connectivity index (χ1v) is 7.60. The van der Waals surface area contributed by atoms with E-state index in [-0.39, 0.29) is 5.91 Å². The van der Waals surface area contributed by atoms with Crippen molar-refractivity contribution in [2.75, 3.05) is 20.8 Å². The van der Waals surface area contributed by atoms with Crippen LogP contribution in [0.4, 0.5) is 0 Å². The molecular weight excluding hydrogens is 292 g/mol. The van der Waals surface area contributed by atoms with Crippen LogP contribution in [0.5, 0.6) is 11.5 Å². The third-order valence-corrected chi connectivity index (χ3v) is 3.52. The quantitative estimate of drug-likeness (QED) is 0.813. The summed E-state index contributed by atoms with van der Waals surface area (Å²) in [6.07, 6.45) is 3.60. The molecule has 0 saturated heterocycles. The van der Waals surface area contributed by atoms with Gasteiger partial charge in [-0.1, -0.05) is 12.1 Å². The number of rotatable bonds is 8. The molecule has 1 heterocycles. The number of ether oxygens (including phenoxy) is 2. The van der Waals surface area contributed by atoms with Gasteiger partial charge in [0.25, 0.3) is 0 Å². The molecule has 5 nitrogen and oxygen atoms in total. The summed E-state index contributed by atoms with van der Waals surface area (Å²) in [6.45, 7) is 0.599. The van der Waals surface area contributed by atoms with Crippen LogP contribution in [0.15, 0.2) is 42.6 Å². The van der Waals surface area contributed by atoms with Crippen LogP contribution < -0.4 is 14.8 Å². The second-order valence-electron chi connectivity index (χ2n) is 5.11. The van der Waals surface area contributed by atoms with Gasteiger partial charge in [0.15, 0.2) is 11.5 Å². The van der Waals surface area contributed by atoms with Gasteiger partial charge in [0, 0.05) is 31.3 Å². The Labute approximate surface area is 136 Å². The van der Waals surface area contributed by atoms with E-state index in [0.29, 0.717) is 30.9 Å². The molecule has 1 aromatic heterocycles. The largest absolute Gasteiger partial charge is 0.493 e. The zero-order valence-corrected chi connectivity index (χ0v) is 13.5. The molecule has 1 N–H and O–H groups in total. The molecule has 1 aromatic carbocycles. The number of carbonyl (C=O) groups is 1. The van der Waals surface area contributed by atoms with Gasteiger partial charge >= 0.3 is 0 Å². The molecule has 0 saturated carbocycles. The number of nitrogens with zero attached hydrogens (tertiary/aromatic N) is 1. The summed E-state index contributed by atoms with van der Waals surface area (Å²) in [4.78, 5) is 16.1. The zero-order chi connectivity index (χ0) is 16.5. The standard InChI is InChI=1S/C18H22N2O3/c1-22-16-8-6-14(13-17(16)23-2)7-9-18(21)20-12-10-15-5-3-4-11-19-15/h3-6,8,11,13H,7,9-10,12H2,1-2H3,(H,20,21). The fourth-order valence-electron chi connectivity index (χ4n) is 2.26. The Morgan fingerprint density at radius 3 is 2.61 bits per heavy atom. The Kier molecular flexibility index (Phi) is 6.41. The Balaban J connectivity index is 1.76. The third-order valence-electron chi connectivity index (χ3n) is 3.52. The fraction of sp³-hybridized carbons (Fsp3) is 0.333. The second kappa shape index (κ2) is 8.78. The smallest absolute Gasteiger partial charge is 0.220 e. The molecule has 23 heavy (non-hydrogen) atoms. The molecule has 0 aliphatic rings. The monoisotopic (exact) mass is 314 g/mol. The Morgan fingerprint density at radius 1 is 1.09 bits per heavy atom. The van der Waals surface area contributed by atoms with Gasteiger partial charge in [-0.3, -0.25) is 9.78 Å². The third kappa shape index (κ3) is 5.29. The highest BCUT2D eigenvalue weighted by Gasteiger charge is 2.07. The molecule has 0 atom stereocenters. The normalized spacial score (nSPS) is 10.2. The van der Waals surface area contributed by atoms with Crippen molar-refractivity contribution >= 4 is 5.91 Å². The highest BCUT2D eigenvalue weighted by molar-refractivity contribution is 5.76. The van der Waals surface area contributed by atoms with Crippen molar-refractivity contribution in [2.45, 2.75) is 19.3 Å². The van der Waals surface area contributed by atoms with Gasteiger partial charge in [0.1, 0.15) is 0 Å². The molecule has 0 spiro atoms. The second-order valence-corrected chi connectivity index (χ2v) is 5.11. The number of nitrogens with one attached hydrogen (secondary N) is 1. The summed E-state index contributed by atoms with van der Waals surface area (Å²) in [5.74, 6) is 1.41. The van der Waals surface area contributed by atoms with Crippen molar-refractivity contribution in [2.24, 2.45) is 0 Å². The first kappa shape index (κ1) is 16.8. The van der Waals surface area contributed by atoms with Gasteiger partial charge in [0.2, 0.25) is 5.91 Å². The number of hydrogen-bond acceptors (Lipinski definition) is 4. The van der Waals surface area contributed by atoms with E-state index in [1.807, 2.05) is 36.4 Å². The molecule has 0 radical (unpaired) electrons. The summed E-state index contributed by atoms with van der Waals surface area (Å²) in [5.41, 5.74) is 2.02. The number of aryl methyl sites for hydroxylation is 1. The van der Waals surface area contributed by atoms with E-state index in [2.05, 4.69) is 10.3 Å². The highest BCUT2D eigenvalue weighted by Crippen LogP contribution is 2.27. The molecule has 0 bridgehead atoms. The van der Waals surface area contributed by atoms with Gasteiger partial charge in [-0.25, -0.2) is 0 Å². The molecule has 2 aromatic rings. The number of amides is 1. The van der Waals surface area contributed by atoms with Crippen LogP contribution in [0.3, 0.4) is 0 Å². The molecule has 0 aliphatic heterocycles. The van der Waals surface area contributed by atoms with Crippen molar-refractivity contribution < 1.29 is 14.3 Å². The topological polar surface area (TPSA) is 60.5 Å². The molecular formula is C18H22N2O3. The van der Waals surface area contributed by atoms with Crippen LogP contribution in [-0.2, 0) is 17.6 Å². The average Bonchev–Trinajstić information content (AvgIpc) is 2.60. The minimum absolute atomic E-state index is 0.0377. The fourth-order valence-corrected chi connectivity index (χ4v) is 2.26. The lowest BCUT2D eigenvalue weighted by Crippen LogP contribution is -2.26. The summed E-state index contributed by atoms with van der Waals surface area (Å²) in [7, 11) is 3.21. The lowest BCUT2D eigenvalue weighted by molar-refractivity contribution is -0.121. The SMILES string of the molecule is COc1ccc(CCC(=O)NCCc2ccccn2)cc1OC. The van der Waals surface area contributed by atoms with Crippen LogP contribution in [0.2, 0.25) is 0 Å². The number of pyridine rings is 1. The zero-order valence-electron chi connectivity index (χ0n) is 13.5. The van der Waals surface area contributed by atoms with Crippen LogP contribution in [0.25, 0.3) is 0 Å². The van der Waals surface area contributed by atoms with Crippen LogP contribution in [0, 0.1) is 0 Å². The van der Waals surface area contributed by atoms with Crippen molar-refractivity contribution in [3.63, 3.8) is 0 Å². The van der Waals surface area contributed by atoms with E-state index >= 15 is 0 Å². The van der Waals surface area contributed by atoms with Crippen molar-refractivity contribution in [1.29, 1.82) is 0 Å². The molecule has 5 heteroatoms. The summed E-state index contributed by atoms with van der Waals surface area (Å²) < 4.78 is 10.5. The van der Waals surface area contributed by atoms with Gasteiger partial charge in [-0.2, -0.15) is 0 Å². The first-order chi connectivity index (χ1) is 11.2. The summed E-state index contributed by atoms with van der Waals surface area (Å²) >= 11 is 0. The number of benzene rings is 1. The minimum Gasteiger partial charge on any atom is -0.493 e. The Hall–Kier alpha value is -2.56. The molecule has 0 fully saturated rings. The van der Waals surface area contributed by atoms with E-state index in [9.17, 15) is 4.79 Å². The van der Waals surface area contributed by atoms with Gasteiger partial charge in [-0.05, 0) is 36.2 Å². The molecule has 122 valence electrons. The van der Waals surface area contributed by atoms with E-state index < -0.39 is 0 Å². The van der Waals surface area contributed by atoms with E-state index in [1.165, 1.54) is 0 Å². The van der Waals surface area contributed by atoms with Gasteiger partial charge in [-0.15, -0.1) is 0 Å². The highest BCUT2D eigenvalue weighted by atomic mass is 16.5. The summed E-state index contributed by atoms with van der Waals surface area (Å²) in [5, 5.41) is 2.92. The van der Waals surface area contributed by atoms with E-state index in [4.69, 9.17) is 9.47 Å². The Bertz CT molecular complexity index is 629. The van der Waals surface area contributed by atoms with Crippen molar-refractivity contribution in [3.05, 3.63) is 53.9 Å². The average molecular weight is 314 g/mol. The predicted octanol–water partition coefficient (Wildman–Crippen LogP) is 2.39. The van der Waals surface area contributed by atoms with Gasteiger partial charge < -0.3 is 14.8 Å². The van der Waals surface area contributed by atoms with Crippen molar-refractivity contribution in [3.8, 4) is 11.5 Å². The van der Waals surface area contributed by atoms with Gasteiger partial charge in [0.05, 0.1) is 14.2 Å². The van der Waals surface area contributed by atoms with E-state index in [0.717, 1.165) is 17.7 Å². The maximum Gasteiger partial charge on any atom is 0.220 e. The minimum atomic E-state index is 0.0377. The molecule has 0 unspecified atom stereocenters. The maximum absolute atomic E-state index is 11.9. The number of methoxy groups -OCH3 is 2. The molecule has 0 aliphatic carbocycles. The number of carbonyl (C=O) groups excluding carboxylic acids is 1. The maximum atomic E-state index is 11.9. The molecule has 1 amide bonds. The van der Waals surface area contributed by atoms with Crippen LogP contribution >= 0.6 is 0 Å². The lowest BCUT2D eigenvalue weighted by Gasteiger charge is -2.09. The Morgan fingerprint density at radius 2 is 1.91 bits per heavy atom. The summed E-state index contributed by atoms with van der Waals surface area (Å²) in [6, 6.07) is 11.5. The number of hydrogen-bond donors (Lipinski definition) is 1. The van der Waals surface area contributed by atoms with Crippen molar-refractivity contribution in [1.82, 2.24) is 10.3 Å². The molecule has 2 rings (SSSR count). The number of aromatic nitrogens is 1. The predicted molar refractivity (Wildman–Crippen MR) is 88.8 cm³/mol. The first-order valence-electron chi connectivity index (χ1n) is 7.60. The van der Waals surface area contributed by atoms with Crippen LogP contribution in [-0.4, -0.2) is 31.7 Å². The lowest BCUT2D eigenvalue weighted by atomic mass is 10.1. The van der Waals surface area contributed by atoms with E-state index in [1.54, 1.807) is 20.4 Å².